The third-order valence-corrected chi connectivity index (χ3v) is 7.95. The number of aryl methyl sites for hydroxylation is 1. The van der Waals surface area contributed by atoms with Crippen LogP contribution in [0.5, 0.6) is 11.5 Å². The maximum atomic E-state index is 13.8. The molecule has 1 aliphatic rings. The number of amides is 1. The van der Waals surface area contributed by atoms with Crippen molar-refractivity contribution in [2.75, 3.05) is 38.8 Å². The van der Waals surface area contributed by atoms with Crippen LogP contribution < -0.4 is 19.9 Å². The largest absolute Gasteiger partial charge is 0.493 e. The molecule has 8 nitrogen and oxygen atoms in total. The van der Waals surface area contributed by atoms with Crippen LogP contribution in [0.15, 0.2) is 46.2 Å². The van der Waals surface area contributed by atoms with Gasteiger partial charge in [0, 0.05) is 25.8 Å². The lowest BCUT2D eigenvalue weighted by atomic mass is 10.1. The van der Waals surface area contributed by atoms with E-state index in [-0.39, 0.29) is 11.5 Å². The zero-order valence-electron chi connectivity index (χ0n) is 23.0. The molecule has 1 saturated heterocycles. The number of aromatic nitrogens is 2. The fourth-order valence-electron chi connectivity index (χ4n) is 4.63. The Bertz CT molecular complexity index is 1480. The van der Waals surface area contributed by atoms with E-state index in [1.165, 1.54) is 11.8 Å². The Balaban J connectivity index is 1.69. The Morgan fingerprint density at radius 1 is 1.08 bits per heavy atom. The maximum absolute atomic E-state index is 13.8. The number of carbonyl (C=O) groups excluding carboxylic acids is 1. The summed E-state index contributed by atoms with van der Waals surface area (Å²) < 4.78 is 12.7. The highest BCUT2D eigenvalue weighted by Crippen LogP contribution is 2.34. The summed E-state index contributed by atoms with van der Waals surface area (Å²) in [5, 5.41) is 0. The van der Waals surface area contributed by atoms with E-state index in [1.807, 2.05) is 37.3 Å². The van der Waals surface area contributed by atoms with Crippen LogP contribution in [0.25, 0.3) is 11.7 Å². The molecule has 0 unspecified atom stereocenters. The number of methoxy groups -OCH3 is 2. The molecule has 1 fully saturated rings. The summed E-state index contributed by atoms with van der Waals surface area (Å²) in [5.41, 5.74) is 2.73. The number of carbonyl (C=O) groups is 1. The number of hydrogen-bond donors (Lipinski definition) is 0. The molecule has 3 heterocycles. The number of anilines is 1. The first kappa shape index (κ1) is 28.6. The number of ether oxygens (including phenoxy) is 2. The number of benzene rings is 1. The first-order chi connectivity index (χ1) is 18.8. The summed E-state index contributed by atoms with van der Waals surface area (Å²) >= 11 is 6.80. The van der Waals surface area contributed by atoms with Crippen LogP contribution in [0.1, 0.15) is 43.4 Å². The van der Waals surface area contributed by atoms with Crippen LogP contribution in [0.4, 0.5) is 5.82 Å². The fraction of sp³-hybridized carbons (Fsp3) is 0.379. The number of rotatable bonds is 11. The van der Waals surface area contributed by atoms with Gasteiger partial charge in [0.1, 0.15) is 15.8 Å². The molecule has 0 atom stereocenters. The third kappa shape index (κ3) is 5.96. The third-order valence-electron chi connectivity index (χ3n) is 6.57. The van der Waals surface area contributed by atoms with E-state index in [0.29, 0.717) is 50.7 Å². The van der Waals surface area contributed by atoms with E-state index < -0.39 is 0 Å². The average Bonchev–Trinajstić information content (AvgIpc) is 3.20. The fourth-order valence-corrected chi connectivity index (χ4v) is 5.92. The summed E-state index contributed by atoms with van der Waals surface area (Å²) in [6.07, 6.45) is 5.80. The van der Waals surface area contributed by atoms with Crippen molar-refractivity contribution in [3.63, 3.8) is 0 Å². The van der Waals surface area contributed by atoms with Gasteiger partial charge in [0.2, 0.25) is 0 Å². The second-order valence-electron chi connectivity index (χ2n) is 9.30. The van der Waals surface area contributed by atoms with Crippen molar-refractivity contribution >= 4 is 51.7 Å². The molecule has 10 heteroatoms. The van der Waals surface area contributed by atoms with Crippen LogP contribution in [-0.4, -0.2) is 58.4 Å². The molecule has 0 N–H and O–H groups in total. The number of fused-ring (bicyclic) bond motifs is 1. The molecule has 4 rings (SSSR count). The van der Waals surface area contributed by atoms with E-state index >= 15 is 0 Å². The molecule has 1 aromatic carbocycles. The van der Waals surface area contributed by atoms with Gasteiger partial charge in [-0.25, -0.2) is 4.98 Å². The van der Waals surface area contributed by atoms with Crippen molar-refractivity contribution in [3.05, 3.63) is 68.5 Å². The Morgan fingerprint density at radius 3 is 2.46 bits per heavy atom. The smallest absolute Gasteiger partial charge is 0.267 e. The molecule has 1 amide bonds. The molecule has 0 saturated carbocycles. The van der Waals surface area contributed by atoms with E-state index in [4.69, 9.17) is 26.7 Å². The quantitative estimate of drug-likeness (QED) is 0.235. The van der Waals surface area contributed by atoms with E-state index in [1.54, 1.807) is 35.8 Å². The van der Waals surface area contributed by atoms with Gasteiger partial charge in [-0.15, -0.1) is 0 Å². The minimum Gasteiger partial charge on any atom is -0.493 e. The molecule has 1 aliphatic heterocycles. The van der Waals surface area contributed by atoms with Crippen LogP contribution in [-0.2, 0) is 11.2 Å². The Kier molecular flexibility index (Phi) is 9.29. The predicted molar refractivity (Wildman–Crippen MR) is 162 cm³/mol. The van der Waals surface area contributed by atoms with Gasteiger partial charge in [0.05, 0.1) is 24.7 Å². The highest BCUT2D eigenvalue weighted by molar-refractivity contribution is 8.26. The van der Waals surface area contributed by atoms with Gasteiger partial charge < -0.3 is 14.4 Å². The lowest BCUT2D eigenvalue weighted by Gasteiger charge is -2.25. The number of thiocarbonyl (C=S) groups is 1. The zero-order valence-corrected chi connectivity index (χ0v) is 24.7. The highest BCUT2D eigenvalue weighted by Gasteiger charge is 2.33. The van der Waals surface area contributed by atoms with Gasteiger partial charge in [0.15, 0.2) is 11.5 Å². The lowest BCUT2D eigenvalue weighted by molar-refractivity contribution is -0.122. The molecule has 2 aromatic heterocycles. The number of thioether (sulfide) groups is 1. The number of pyridine rings is 1. The molecule has 0 bridgehead atoms. The normalized spacial score (nSPS) is 14.5. The van der Waals surface area contributed by atoms with Gasteiger partial charge in [-0.05, 0) is 61.6 Å². The first-order valence-corrected chi connectivity index (χ1v) is 14.3. The summed E-state index contributed by atoms with van der Waals surface area (Å²) in [6, 6.07) is 9.47. The molecule has 206 valence electrons. The SMILES string of the molecule is CCCN(CCC)c1nc2c(C)cccn2c(=O)c1/C=C1\SC(=S)N(CCc2ccc(OC)c(OC)c2)C1=O. The van der Waals surface area contributed by atoms with E-state index in [0.717, 1.165) is 37.1 Å². The van der Waals surface area contributed by atoms with Crippen LogP contribution in [0.2, 0.25) is 0 Å². The average molecular weight is 567 g/mol. The maximum Gasteiger partial charge on any atom is 0.267 e. The lowest BCUT2D eigenvalue weighted by Crippen LogP contribution is -2.31. The van der Waals surface area contributed by atoms with Crippen molar-refractivity contribution in [3.8, 4) is 11.5 Å². The van der Waals surface area contributed by atoms with Gasteiger partial charge in [0.25, 0.3) is 11.5 Å². The van der Waals surface area contributed by atoms with Gasteiger partial charge >= 0.3 is 0 Å². The Labute approximate surface area is 238 Å². The van der Waals surface area contributed by atoms with Crippen LogP contribution in [0.3, 0.4) is 0 Å². The standard InChI is InChI=1S/C29H34N4O4S2/c1-6-13-31(14-7-2)26-21(27(34)32-15-8-9-19(3)25(32)30-26)18-24-28(35)33(29(38)39-24)16-12-20-10-11-22(36-4)23(17-20)37-5/h8-11,15,17-18H,6-7,12-14,16H2,1-5H3/b24-18-. The summed E-state index contributed by atoms with van der Waals surface area (Å²) in [7, 11) is 3.19. The highest BCUT2D eigenvalue weighted by atomic mass is 32.2. The van der Waals surface area contributed by atoms with Crippen molar-refractivity contribution < 1.29 is 14.3 Å². The number of nitrogens with zero attached hydrogens (tertiary/aromatic N) is 4. The van der Waals surface area contributed by atoms with Crippen LogP contribution in [0, 0.1) is 6.92 Å². The first-order valence-electron chi connectivity index (χ1n) is 13.1. The van der Waals surface area contributed by atoms with Crippen molar-refractivity contribution in [1.29, 1.82) is 0 Å². The summed E-state index contributed by atoms with van der Waals surface area (Å²) in [5.74, 6) is 1.68. The van der Waals surface area contributed by atoms with Gasteiger partial charge in [-0.3, -0.25) is 18.9 Å². The van der Waals surface area contributed by atoms with E-state index in [9.17, 15) is 9.59 Å². The molecular formula is C29H34N4O4S2. The van der Waals surface area contributed by atoms with Gasteiger partial charge in [-0.1, -0.05) is 50.0 Å². The monoisotopic (exact) mass is 566 g/mol. The van der Waals surface area contributed by atoms with Gasteiger partial charge in [-0.2, -0.15) is 0 Å². The predicted octanol–water partition coefficient (Wildman–Crippen LogP) is 5.09. The molecular weight excluding hydrogens is 532 g/mol. The topological polar surface area (TPSA) is 76.4 Å². The van der Waals surface area contributed by atoms with Crippen molar-refractivity contribution in [1.82, 2.24) is 14.3 Å². The number of hydrogen-bond acceptors (Lipinski definition) is 8. The van der Waals surface area contributed by atoms with Crippen LogP contribution >= 0.6 is 24.0 Å². The Morgan fingerprint density at radius 2 is 1.79 bits per heavy atom. The molecule has 0 aliphatic carbocycles. The van der Waals surface area contributed by atoms with Crippen molar-refractivity contribution in [2.24, 2.45) is 0 Å². The molecule has 0 radical (unpaired) electrons. The van der Waals surface area contributed by atoms with E-state index in [2.05, 4.69) is 18.7 Å². The zero-order chi connectivity index (χ0) is 28.1. The summed E-state index contributed by atoms with van der Waals surface area (Å²) in [4.78, 5) is 36.3. The minimum absolute atomic E-state index is 0.202. The second kappa shape index (κ2) is 12.7. The molecule has 3 aromatic rings. The summed E-state index contributed by atoms with van der Waals surface area (Å²) in [6.45, 7) is 8.08. The Hall–Kier alpha value is -3.37. The van der Waals surface area contributed by atoms with Crippen molar-refractivity contribution in [2.45, 2.75) is 40.0 Å². The minimum atomic E-state index is -0.206. The second-order valence-corrected chi connectivity index (χ2v) is 11.0. The molecule has 39 heavy (non-hydrogen) atoms. The molecule has 0 spiro atoms.